The molecule has 5 rings (SSSR count). The Kier molecular flexibility index (Phi) is 15.8. The first-order chi connectivity index (χ1) is 18.7. The van der Waals surface area contributed by atoms with Crippen LogP contribution in [-0.4, -0.2) is 75.4 Å². The Balaban J connectivity index is 0.00000196. The van der Waals surface area contributed by atoms with Crippen molar-refractivity contribution in [3.8, 4) is 11.5 Å². The third-order valence-corrected chi connectivity index (χ3v) is 8.39. The second kappa shape index (κ2) is 18.2. The number of para-hydroxylation sites is 1. The van der Waals surface area contributed by atoms with E-state index in [0.717, 1.165) is 75.2 Å². The minimum Gasteiger partial charge on any atom is -0.494 e. The number of nitrogens with zero attached hydrogens (tertiary/aromatic N) is 3. The Morgan fingerprint density at radius 2 is 1.29 bits per heavy atom. The van der Waals surface area contributed by atoms with Crippen molar-refractivity contribution in [1.29, 1.82) is 0 Å². The summed E-state index contributed by atoms with van der Waals surface area (Å²) < 4.78 is 11.6. The highest BCUT2D eigenvalue weighted by atomic mass is 35.5. The van der Waals surface area contributed by atoms with Gasteiger partial charge in [0, 0.05) is 54.1 Å². The molecule has 0 atom stereocenters. The SMILES string of the molecule is Cl.Cl.Cl.NCCCOc1ccc(OCCN2CCN(CCCN3c4ccccc4Sc4ccc(Cl)cc43)CC2)cc1. The first kappa shape index (κ1) is 35.6. The fourth-order valence-corrected chi connectivity index (χ4v) is 6.17. The molecule has 6 nitrogen and oxygen atoms in total. The van der Waals surface area contributed by atoms with Gasteiger partial charge in [-0.2, -0.15) is 0 Å². The van der Waals surface area contributed by atoms with Crippen molar-refractivity contribution in [2.75, 3.05) is 70.5 Å². The first-order valence-electron chi connectivity index (χ1n) is 13.5. The van der Waals surface area contributed by atoms with Crippen molar-refractivity contribution >= 4 is 72.0 Å². The summed E-state index contributed by atoms with van der Waals surface area (Å²) in [5.74, 6) is 1.74. The van der Waals surface area contributed by atoms with Gasteiger partial charge in [-0.25, -0.2) is 0 Å². The highest BCUT2D eigenvalue weighted by molar-refractivity contribution is 7.99. The van der Waals surface area contributed by atoms with Crippen LogP contribution in [0.15, 0.2) is 76.5 Å². The van der Waals surface area contributed by atoms with Crippen LogP contribution in [0.25, 0.3) is 0 Å². The molecule has 0 radical (unpaired) electrons. The lowest BCUT2D eigenvalue weighted by atomic mass is 10.2. The van der Waals surface area contributed by atoms with E-state index in [-0.39, 0.29) is 37.2 Å². The van der Waals surface area contributed by atoms with Crippen LogP contribution in [0.2, 0.25) is 5.02 Å². The first-order valence-corrected chi connectivity index (χ1v) is 14.7. The van der Waals surface area contributed by atoms with Gasteiger partial charge in [-0.15, -0.1) is 37.2 Å². The van der Waals surface area contributed by atoms with Crippen LogP contribution in [0, 0.1) is 0 Å². The van der Waals surface area contributed by atoms with E-state index in [0.29, 0.717) is 19.8 Å². The van der Waals surface area contributed by atoms with Crippen LogP contribution in [0.1, 0.15) is 12.8 Å². The number of rotatable bonds is 12. The number of anilines is 2. The van der Waals surface area contributed by atoms with Crippen molar-refractivity contribution in [2.24, 2.45) is 5.73 Å². The second-order valence-electron chi connectivity index (χ2n) is 9.68. The van der Waals surface area contributed by atoms with Gasteiger partial charge >= 0.3 is 0 Å². The predicted molar refractivity (Wildman–Crippen MR) is 179 cm³/mol. The molecule has 0 bridgehead atoms. The summed E-state index contributed by atoms with van der Waals surface area (Å²) in [6.45, 7) is 9.39. The Morgan fingerprint density at radius 1 is 0.683 bits per heavy atom. The van der Waals surface area contributed by atoms with Crippen LogP contribution in [0.5, 0.6) is 11.5 Å². The molecule has 2 aliphatic rings. The van der Waals surface area contributed by atoms with Crippen molar-refractivity contribution in [3.05, 3.63) is 71.8 Å². The Labute approximate surface area is 272 Å². The van der Waals surface area contributed by atoms with Gasteiger partial charge in [0.2, 0.25) is 0 Å². The Hall–Kier alpha value is -1.55. The van der Waals surface area contributed by atoms with E-state index >= 15 is 0 Å². The van der Waals surface area contributed by atoms with Gasteiger partial charge in [0.25, 0.3) is 0 Å². The molecule has 2 aliphatic heterocycles. The smallest absolute Gasteiger partial charge is 0.119 e. The van der Waals surface area contributed by atoms with Gasteiger partial charge in [0.1, 0.15) is 18.1 Å². The third kappa shape index (κ3) is 10.0. The van der Waals surface area contributed by atoms with Gasteiger partial charge in [-0.05, 0) is 80.5 Å². The summed E-state index contributed by atoms with van der Waals surface area (Å²) in [5, 5.41) is 0.790. The molecule has 1 fully saturated rings. The standard InChI is InChI=1S/C30H37ClN4O2S.3ClH/c31-24-7-12-30-28(23-24)35(27-5-1-2-6-29(27)38-30)15-4-14-33-16-18-34(19-17-33)20-22-37-26-10-8-25(9-11-26)36-21-3-13-32;;;/h1-2,5-12,23H,3-4,13-22,32H2;3*1H. The molecule has 11 heteroatoms. The highest BCUT2D eigenvalue weighted by Gasteiger charge is 2.24. The van der Waals surface area contributed by atoms with Crippen molar-refractivity contribution in [2.45, 2.75) is 22.6 Å². The number of halogens is 4. The summed E-state index contributed by atoms with van der Waals surface area (Å²) in [6.07, 6.45) is 1.97. The number of piperazine rings is 1. The average molecular weight is 663 g/mol. The third-order valence-electron chi connectivity index (χ3n) is 7.03. The molecule has 0 unspecified atom stereocenters. The van der Waals surface area contributed by atoms with E-state index in [1.807, 2.05) is 42.1 Å². The van der Waals surface area contributed by atoms with E-state index in [9.17, 15) is 0 Å². The molecule has 3 aromatic carbocycles. The van der Waals surface area contributed by atoms with E-state index < -0.39 is 0 Å². The Bertz CT molecular complexity index is 1180. The number of fused-ring (bicyclic) bond motifs is 2. The lowest BCUT2D eigenvalue weighted by Crippen LogP contribution is -2.47. The van der Waals surface area contributed by atoms with Crippen LogP contribution < -0.4 is 20.1 Å². The van der Waals surface area contributed by atoms with Crippen molar-refractivity contribution in [1.82, 2.24) is 9.80 Å². The van der Waals surface area contributed by atoms with Crippen LogP contribution in [-0.2, 0) is 0 Å². The molecular formula is C30H40Cl4N4O2S. The molecule has 1 saturated heterocycles. The average Bonchev–Trinajstić information content (AvgIpc) is 2.95. The Morgan fingerprint density at radius 3 is 1.98 bits per heavy atom. The van der Waals surface area contributed by atoms with E-state index in [4.69, 9.17) is 26.8 Å². The van der Waals surface area contributed by atoms with Gasteiger partial charge in [-0.3, -0.25) is 4.90 Å². The van der Waals surface area contributed by atoms with Crippen LogP contribution >= 0.6 is 60.6 Å². The second-order valence-corrected chi connectivity index (χ2v) is 11.2. The van der Waals surface area contributed by atoms with Gasteiger partial charge in [0.15, 0.2) is 0 Å². The largest absolute Gasteiger partial charge is 0.494 e. The molecule has 0 spiro atoms. The van der Waals surface area contributed by atoms with Gasteiger partial charge in [-0.1, -0.05) is 35.5 Å². The molecule has 0 saturated carbocycles. The van der Waals surface area contributed by atoms with Crippen LogP contribution in [0.3, 0.4) is 0 Å². The zero-order chi connectivity index (χ0) is 26.2. The topological polar surface area (TPSA) is 54.2 Å². The molecule has 3 aromatic rings. The van der Waals surface area contributed by atoms with Crippen molar-refractivity contribution in [3.63, 3.8) is 0 Å². The molecule has 0 amide bonds. The molecule has 2 heterocycles. The highest BCUT2D eigenvalue weighted by Crippen LogP contribution is 2.48. The van der Waals surface area contributed by atoms with Gasteiger partial charge in [0.05, 0.1) is 18.0 Å². The van der Waals surface area contributed by atoms with E-state index in [1.165, 1.54) is 21.2 Å². The summed E-state index contributed by atoms with van der Waals surface area (Å²) in [7, 11) is 0. The zero-order valence-corrected chi connectivity index (χ0v) is 27.1. The monoisotopic (exact) mass is 660 g/mol. The maximum Gasteiger partial charge on any atom is 0.119 e. The minimum absolute atomic E-state index is 0. The van der Waals surface area contributed by atoms with Crippen LogP contribution in [0.4, 0.5) is 11.4 Å². The molecule has 0 aromatic heterocycles. The van der Waals surface area contributed by atoms with E-state index in [1.54, 1.807) is 0 Å². The maximum absolute atomic E-state index is 6.37. The lowest BCUT2D eigenvalue weighted by molar-refractivity contribution is 0.116. The fraction of sp³-hybridized carbons (Fsp3) is 0.400. The van der Waals surface area contributed by atoms with E-state index in [2.05, 4.69) is 51.1 Å². The number of hydrogen-bond acceptors (Lipinski definition) is 7. The lowest BCUT2D eigenvalue weighted by Gasteiger charge is -2.36. The molecule has 0 aliphatic carbocycles. The number of benzene rings is 3. The zero-order valence-electron chi connectivity index (χ0n) is 23.1. The quantitative estimate of drug-likeness (QED) is 0.209. The minimum atomic E-state index is 0. The normalized spacial score (nSPS) is 14.5. The fourth-order valence-electron chi connectivity index (χ4n) is 4.93. The maximum atomic E-state index is 6.37. The number of nitrogens with two attached hydrogens (primary N) is 1. The molecule has 41 heavy (non-hydrogen) atoms. The predicted octanol–water partition coefficient (Wildman–Crippen LogP) is 7.02. The molecular weight excluding hydrogens is 622 g/mol. The molecule has 226 valence electrons. The summed E-state index contributed by atoms with van der Waals surface area (Å²) in [4.78, 5) is 10.1. The number of hydrogen-bond donors (Lipinski definition) is 1. The summed E-state index contributed by atoms with van der Waals surface area (Å²) in [6, 6.07) is 22.8. The number of ether oxygens (including phenoxy) is 2. The van der Waals surface area contributed by atoms with Crippen molar-refractivity contribution < 1.29 is 9.47 Å². The summed E-state index contributed by atoms with van der Waals surface area (Å²) in [5.41, 5.74) is 8.02. The molecule has 2 N–H and O–H groups in total. The van der Waals surface area contributed by atoms with Gasteiger partial charge < -0.3 is 25.0 Å². The summed E-state index contributed by atoms with van der Waals surface area (Å²) >= 11 is 8.20.